The number of carbonyl (C=O) groups is 1. The van der Waals surface area contributed by atoms with Crippen LogP contribution in [-0.4, -0.2) is 27.9 Å². The first-order chi connectivity index (χ1) is 24.2. The van der Waals surface area contributed by atoms with Gasteiger partial charge in [-0.1, -0.05) is 85.8 Å². The Labute approximate surface area is 289 Å². The number of hydrogen-bond acceptors (Lipinski definition) is 6. The number of ether oxygens (including phenoxy) is 2. The molecule has 5 aromatic rings. The van der Waals surface area contributed by atoms with Crippen molar-refractivity contribution in [3.63, 3.8) is 0 Å². The minimum absolute atomic E-state index is 0.0198. The molecular formula is C38H31F5N2O4S. The molecule has 0 bridgehead atoms. The van der Waals surface area contributed by atoms with Crippen LogP contribution in [0, 0.1) is 35.0 Å². The Hall–Kier alpha value is -4.62. The van der Waals surface area contributed by atoms with Gasteiger partial charge in [-0.25, -0.2) is 26.9 Å². The van der Waals surface area contributed by atoms with Gasteiger partial charge in [-0.2, -0.15) is 0 Å². The summed E-state index contributed by atoms with van der Waals surface area (Å²) in [6, 6.07) is 27.7. The Balaban J connectivity index is 1.21. The summed E-state index contributed by atoms with van der Waals surface area (Å²) in [6.07, 6.45) is 0.516. The van der Waals surface area contributed by atoms with Crippen LogP contribution in [-0.2, 0) is 22.6 Å². The Morgan fingerprint density at radius 3 is 2.10 bits per heavy atom. The maximum Gasteiger partial charge on any atom is 0.257 e. The zero-order chi connectivity index (χ0) is 35.4. The van der Waals surface area contributed by atoms with Gasteiger partial charge in [0.15, 0.2) is 29.6 Å². The molecule has 1 saturated heterocycles. The molecule has 4 atom stereocenters. The van der Waals surface area contributed by atoms with Crippen LogP contribution in [0.3, 0.4) is 0 Å². The van der Waals surface area contributed by atoms with Gasteiger partial charge in [-0.15, -0.1) is 11.8 Å². The fraction of sp³-hybridized carbons (Fsp3) is 0.211. The lowest BCUT2D eigenvalue weighted by Crippen LogP contribution is -2.38. The van der Waals surface area contributed by atoms with E-state index in [0.29, 0.717) is 16.9 Å². The number of aliphatic hydroxyl groups excluding tert-OH is 1. The molecule has 6 rings (SSSR count). The van der Waals surface area contributed by atoms with E-state index < -0.39 is 46.8 Å². The quantitative estimate of drug-likeness (QED) is 0.0657. The summed E-state index contributed by atoms with van der Waals surface area (Å²) in [4.78, 5) is 17.0. The largest absolute Gasteiger partial charge is 0.392 e. The van der Waals surface area contributed by atoms with Crippen molar-refractivity contribution in [1.29, 1.82) is 0 Å². The number of rotatable bonds is 10. The van der Waals surface area contributed by atoms with E-state index >= 15 is 0 Å². The van der Waals surface area contributed by atoms with Crippen molar-refractivity contribution in [2.45, 2.75) is 43.6 Å². The molecule has 1 amide bonds. The van der Waals surface area contributed by atoms with E-state index in [1.165, 1.54) is 0 Å². The summed E-state index contributed by atoms with van der Waals surface area (Å²) in [5.74, 6) is -12.0. The Morgan fingerprint density at radius 2 is 1.44 bits per heavy atom. The molecule has 1 fully saturated rings. The summed E-state index contributed by atoms with van der Waals surface area (Å²) in [5, 5.41) is 12.7. The van der Waals surface area contributed by atoms with Crippen LogP contribution in [0.5, 0.6) is 0 Å². The molecule has 0 spiro atoms. The van der Waals surface area contributed by atoms with E-state index in [-0.39, 0.29) is 31.3 Å². The van der Waals surface area contributed by atoms with Crippen molar-refractivity contribution in [2.75, 3.05) is 5.75 Å². The topological polar surface area (TPSA) is 80.7 Å². The number of nitrogens with zero attached hydrogens (tertiary/aromatic N) is 1. The third-order valence-corrected chi connectivity index (χ3v) is 9.58. The number of aliphatic hydroxyl groups is 1. The number of halogens is 5. The van der Waals surface area contributed by atoms with Crippen molar-refractivity contribution in [1.82, 2.24) is 10.3 Å². The molecule has 12 heteroatoms. The molecule has 2 N–H and O–H groups in total. The highest BCUT2D eigenvalue weighted by atomic mass is 32.2. The molecule has 2 heterocycles. The van der Waals surface area contributed by atoms with Crippen molar-refractivity contribution in [3.05, 3.63) is 154 Å². The lowest BCUT2D eigenvalue weighted by atomic mass is 9.91. The highest BCUT2D eigenvalue weighted by Gasteiger charge is 2.38. The Morgan fingerprint density at radius 1 is 0.800 bits per heavy atom. The molecule has 1 aliphatic heterocycles. The lowest BCUT2D eigenvalue weighted by molar-refractivity contribution is -0.268. The van der Waals surface area contributed by atoms with Crippen LogP contribution in [0.4, 0.5) is 22.0 Å². The minimum Gasteiger partial charge on any atom is -0.392 e. The molecular weight excluding hydrogens is 675 g/mol. The third-order valence-electron chi connectivity index (χ3n) is 8.54. The van der Waals surface area contributed by atoms with Crippen LogP contribution in [0.15, 0.2) is 102 Å². The van der Waals surface area contributed by atoms with Crippen molar-refractivity contribution >= 4 is 17.7 Å². The zero-order valence-electron chi connectivity index (χ0n) is 26.6. The summed E-state index contributed by atoms with van der Waals surface area (Å²) < 4.78 is 82.4. The van der Waals surface area contributed by atoms with Crippen molar-refractivity contribution in [3.8, 4) is 11.1 Å². The summed E-state index contributed by atoms with van der Waals surface area (Å²) in [7, 11) is 0. The van der Waals surface area contributed by atoms with E-state index in [9.17, 15) is 31.9 Å². The van der Waals surface area contributed by atoms with Crippen LogP contribution in [0.2, 0.25) is 0 Å². The van der Waals surface area contributed by atoms with Gasteiger partial charge in [0.1, 0.15) is 5.56 Å². The number of amides is 1. The summed E-state index contributed by atoms with van der Waals surface area (Å²) in [5.41, 5.74) is 2.88. The Kier molecular flexibility index (Phi) is 10.9. The van der Waals surface area contributed by atoms with Crippen LogP contribution >= 0.6 is 11.8 Å². The zero-order valence-corrected chi connectivity index (χ0v) is 27.4. The average molecular weight is 707 g/mol. The number of hydrogen-bond donors (Lipinski definition) is 2. The minimum atomic E-state index is -2.34. The number of aromatic nitrogens is 1. The first kappa shape index (κ1) is 35.2. The highest BCUT2D eigenvalue weighted by molar-refractivity contribution is 7.99. The summed E-state index contributed by atoms with van der Waals surface area (Å²) in [6.45, 7) is 1.76. The van der Waals surface area contributed by atoms with Gasteiger partial charge >= 0.3 is 0 Å². The van der Waals surface area contributed by atoms with Gasteiger partial charge in [0, 0.05) is 30.0 Å². The molecule has 0 aliphatic carbocycles. The van der Waals surface area contributed by atoms with Crippen LogP contribution in [0.1, 0.15) is 51.9 Å². The normalized spacial score (nSPS) is 18.9. The highest BCUT2D eigenvalue weighted by Crippen LogP contribution is 2.43. The van der Waals surface area contributed by atoms with E-state index in [2.05, 4.69) is 17.2 Å². The lowest BCUT2D eigenvalue weighted by Gasteiger charge is -2.41. The van der Waals surface area contributed by atoms with Gasteiger partial charge in [-0.05, 0) is 39.9 Å². The van der Waals surface area contributed by atoms with Gasteiger partial charge in [-0.3, -0.25) is 4.79 Å². The van der Waals surface area contributed by atoms with Crippen molar-refractivity contribution in [2.24, 2.45) is 5.92 Å². The monoisotopic (exact) mass is 706 g/mol. The predicted octanol–water partition coefficient (Wildman–Crippen LogP) is 8.45. The van der Waals surface area contributed by atoms with E-state index in [1.807, 2.05) is 66.7 Å². The van der Waals surface area contributed by atoms with Crippen molar-refractivity contribution < 1.29 is 41.3 Å². The first-order valence-corrected chi connectivity index (χ1v) is 16.7. The number of nitrogens with one attached hydrogen (secondary N) is 1. The molecule has 1 aliphatic rings. The maximum atomic E-state index is 14.2. The average Bonchev–Trinajstić information content (AvgIpc) is 3.16. The Bertz CT molecular complexity index is 1940. The molecule has 4 aromatic carbocycles. The second kappa shape index (κ2) is 15.5. The fourth-order valence-electron chi connectivity index (χ4n) is 5.75. The second-order valence-electron chi connectivity index (χ2n) is 11.7. The number of thioether (sulfide) groups is 1. The van der Waals surface area contributed by atoms with Gasteiger partial charge in [0.25, 0.3) is 5.91 Å². The number of pyridine rings is 1. The summed E-state index contributed by atoms with van der Waals surface area (Å²) >= 11 is 1.59. The molecule has 0 radical (unpaired) electrons. The SMILES string of the molecule is CC1C(CSc2ccccn2)OC(c2ccc(-c3ccccc3CNC(=O)c3c(F)c(F)c(F)c(F)c3F)cc2)OC1c1ccc(CO)cc1. The number of carbonyl (C=O) groups excluding carboxylic acids is 1. The maximum absolute atomic E-state index is 14.2. The fourth-order valence-corrected chi connectivity index (χ4v) is 6.78. The molecule has 0 saturated carbocycles. The second-order valence-corrected chi connectivity index (χ2v) is 12.7. The van der Waals surface area contributed by atoms with Gasteiger partial charge < -0.3 is 19.9 Å². The molecule has 50 heavy (non-hydrogen) atoms. The third kappa shape index (κ3) is 7.43. The standard InChI is InChI=1S/C38H31F5N2O4S/c1-21-28(20-50-29-8-4-5-17-44-29)48-38(49-36(21)24-11-9-22(19-46)10-12-24)25-15-13-23(14-16-25)27-7-3-2-6-26(27)18-45-37(47)30-31(39)33(41)35(43)34(42)32(30)40/h2-17,21,28,36,38,46H,18-20H2,1H3,(H,45,47). The molecule has 6 nitrogen and oxygen atoms in total. The van der Waals surface area contributed by atoms with Gasteiger partial charge in [0.05, 0.1) is 23.8 Å². The smallest absolute Gasteiger partial charge is 0.257 e. The number of benzene rings is 4. The van der Waals surface area contributed by atoms with E-state index in [4.69, 9.17) is 9.47 Å². The molecule has 258 valence electrons. The van der Waals surface area contributed by atoms with Gasteiger partial charge in [0.2, 0.25) is 5.82 Å². The molecule has 1 aromatic heterocycles. The first-order valence-electron chi connectivity index (χ1n) is 15.7. The van der Waals surface area contributed by atoms with E-state index in [0.717, 1.165) is 27.3 Å². The predicted molar refractivity (Wildman–Crippen MR) is 177 cm³/mol. The molecule has 4 unspecified atom stereocenters. The van der Waals surface area contributed by atoms with Crippen LogP contribution < -0.4 is 5.32 Å². The van der Waals surface area contributed by atoms with E-state index in [1.54, 1.807) is 42.2 Å². The van der Waals surface area contributed by atoms with Crippen LogP contribution in [0.25, 0.3) is 11.1 Å².